The quantitative estimate of drug-likeness (QED) is 0.829. The summed E-state index contributed by atoms with van der Waals surface area (Å²) in [5.74, 6) is 2.42. The van der Waals surface area contributed by atoms with E-state index in [1.807, 2.05) is 12.1 Å². The van der Waals surface area contributed by atoms with Crippen molar-refractivity contribution in [1.29, 1.82) is 0 Å². The van der Waals surface area contributed by atoms with E-state index in [2.05, 4.69) is 15.3 Å². The molecule has 1 aromatic carbocycles. The van der Waals surface area contributed by atoms with Crippen LogP contribution in [0.4, 0.5) is 5.82 Å². The van der Waals surface area contributed by atoms with Crippen molar-refractivity contribution in [2.75, 3.05) is 11.9 Å². The fraction of sp³-hybridized carbons (Fsp3) is 0.333. The van der Waals surface area contributed by atoms with Crippen LogP contribution in [0.1, 0.15) is 30.1 Å². The van der Waals surface area contributed by atoms with Crippen molar-refractivity contribution in [3.63, 3.8) is 0 Å². The minimum absolute atomic E-state index is 0.290. The highest BCUT2D eigenvalue weighted by molar-refractivity contribution is 6.29. The van der Waals surface area contributed by atoms with E-state index in [1.165, 1.54) is 0 Å². The van der Waals surface area contributed by atoms with Crippen LogP contribution in [-0.4, -0.2) is 21.6 Å². The number of aromatic nitrogens is 2. The highest BCUT2D eigenvalue weighted by atomic mass is 35.5. The lowest BCUT2D eigenvalue weighted by molar-refractivity contribution is 0.475. The van der Waals surface area contributed by atoms with Gasteiger partial charge in [-0.1, -0.05) is 23.7 Å². The van der Waals surface area contributed by atoms with Crippen LogP contribution in [0.25, 0.3) is 0 Å². The Balaban J connectivity index is 1.59. The molecule has 3 rings (SSSR count). The van der Waals surface area contributed by atoms with Crippen LogP contribution < -0.4 is 5.32 Å². The molecule has 0 saturated heterocycles. The number of nitrogens with zero attached hydrogens (tertiary/aromatic N) is 2. The van der Waals surface area contributed by atoms with Gasteiger partial charge in [0, 0.05) is 18.5 Å². The normalized spacial score (nSPS) is 14.2. The van der Waals surface area contributed by atoms with Gasteiger partial charge in [0.05, 0.1) is 0 Å². The Kier molecular flexibility index (Phi) is 3.74. The van der Waals surface area contributed by atoms with Gasteiger partial charge < -0.3 is 10.4 Å². The summed E-state index contributed by atoms with van der Waals surface area (Å²) in [5, 5.41) is 13.0. The molecule has 1 aliphatic carbocycles. The molecule has 1 fully saturated rings. The minimum Gasteiger partial charge on any atom is -0.508 e. The molecule has 1 aliphatic rings. The molecule has 1 heterocycles. The third-order valence-electron chi connectivity index (χ3n) is 3.31. The molecular weight excluding hydrogens is 274 g/mol. The summed E-state index contributed by atoms with van der Waals surface area (Å²) < 4.78 is 0. The molecular formula is C15H16ClN3O. The summed E-state index contributed by atoms with van der Waals surface area (Å²) in [6, 6.07) is 8.98. The maximum absolute atomic E-state index is 9.23. The number of phenols is 1. The summed E-state index contributed by atoms with van der Waals surface area (Å²) in [6.45, 7) is 0.766. The molecule has 1 aromatic heterocycles. The minimum atomic E-state index is 0.290. The fourth-order valence-corrected chi connectivity index (χ4v) is 2.24. The average molecular weight is 290 g/mol. The van der Waals surface area contributed by atoms with E-state index >= 15 is 0 Å². The predicted molar refractivity (Wildman–Crippen MR) is 79.3 cm³/mol. The number of nitrogens with one attached hydrogen (secondary N) is 1. The second-order valence-electron chi connectivity index (χ2n) is 5.05. The number of rotatable bonds is 5. The van der Waals surface area contributed by atoms with Gasteiger partial charge in [-0.15, -0.1) is 0 Å². The Morgan fingerprint density at radius 3 is 2.65 bits per heavy atom. The molecule has 4 nitrogen and oxygen atoms in total. The largest absolute Gasteiger partial charge is 0.508 e. The number of phenolic OH excluding ortho intramolecular Hbond substituents is 1. The first-order valence-electron chi connectivity index (χ1n) is 6.77. The Hall–Kier alpha value is -1.81. The molecule has 0 radical (unpaired) electrons. The Morgan fingerprint density at radius 2 is 1.95 bits per heavy atom. The van der Waals surface area contributed by atoms with Crippen LogP contribution in [0.2, 0.25) is 5.15 Å². The number of hydrogen-bond donors (Lipinski definition) is 2. The van der Waals surface area contributed by atoms with E-state index in [0.717, 1.165) is 43.0 Å². The lowest BCUT2D eigenvalue weighted by Crippen LogP contribution is -2.08. The molecule has 0 spiro atoms. The van der Waals surface area contributed by atoms with Crippen molar-refractivity contribution in [3.05, 3.63) is 46.9 Å². The maximum Gasteiger partial charge on any atom is 0.135 e. The number of aromatic hydroxyl groups is 1. The van der Waals surface area contributed by atoms with Gasteiger partial charge in [0.15, 0.2) is 0 Å². The van der Waals surface area contributed by atoms with Crippen molar-refractivity contribution in [1.82, 2.24) is 9.97 Å². The van der Waals surface area contributed by atoms with Gasteiger partial charge in [-0.05, 0) is 37.0 Å². The summed E-state index contributed by atoms with van der Waals surface area (Å²) in [4.78, 5) is 8.75. The second kappa shape index (κ2) is 5.67. The average Bonchev–Trinajstić information content (AvgIpc) is 3.25. The predicted octanol–water partition coefficient (Wildman–Crippen LogP) is 3.37. The second-order valence-corrected chi connectivity index (χ2v) is 5.44. The number of anilines is 1. The summed E-state index contributed by atoms with van der Waals surface area (Å²) in [6.07, 6.45) is 3.18. The molecule has 0 atom stereocenters. The van der Waals surface area contributed by atoms with Gasteiger partial charge in [0.25, 0.3) is 0 Å². The molecule has 0 bridgehead atoms. The highest BCUT2D eigenvalue weighted by Crippen LogP contribution is 2.38. The zero-order valence-corrected chi connectivity index (χ0v) is 11.8. The van der Waals surface area contributed by atoms with Gasteiger partial charge in [0.1, 0.15) is 22.5 Å². The van der Waals surface area contributed by atoms with Gasteiger partial charge in [-0.3, -0.25) is 0 Å². The van der Waals surface area contributed by atoms with Crippen LogP contribution in [0.3, 0.4) is 0 Å². The number of benzene rings is 1. The topological polar surface area (TPSA) is 58.0 Å². The molecule has 104 valence electrons. The third kappa shape index (κ3) is 3.39. The molecule has 2 aromatic rings. The number of halogens is 1. The van der Waals surface area contributed by atoms with Crippen LogP contribution in [0.5, 0.6) is 5.75 Å². The van der Waals surface area contributed by atoms with Gasteiger partial charge >= 0.3 is 0 Å². The summed E-state index contributed by atoms with van der Waals surface area (Å²) in [7, 11) is 0. The first kappa shape index (κ1) is 13.2. The molecule has 0 amide bonds. The lowest BCUT2D eigenvalue weighted by Gasteiger charge is -2.08. The van der Waals surface area contributed by atoms with Gasteiger partial charge in [0.2, 0.25) is 0 Å². The fourth-order valence-electron chi connectivity index (χ4n) is 2.05. The van der Waals surface area contributed by atoms with Crippen molar-refractivity contribution in [2.45, 2.75) is 25.2 Å². The van der Waals surface area contributed by atoms with Crippen molar-refractivity contribution in [2.24, 2.45) is 0 Å². The summed E-state index contributed by atoms with van der Waals surface area (Å²) >= 11 is 6.02. The molecule has 0 unspecified atom stereocenters. The zero-order valence-electron chi connectivity index (χ0n) is 11.0. The maximum atomic E-state index is 9.23. The molecule has 2 N–H and O–H groups in total. The highest BCUT2D eigenvalue weighted by Gasteiger charge is 2.27. The SMILES string of the molecule is Oc1ccc(CCNc2cc(Cl)nc(C3CC3)n2)cc1. The molecule has 5 heteroatoms. The van der Waals surface area contributed by atoms with E-state index in [-0.39, 0.29) is 0 Å². The van der Waals surface area contributed by atoms with E-state index in [9.17, 15) is 5.11 Å². The van der Waals surface area contributed by atoms with Crippen molar-refractivity contribution in [3.8, 4) is 5.75 Å². The van der Waals surface area contributed by atoms with E-state index in [1.54, 1.807) is 18.2 Å². The van der Waals surface area contributed by atoms with Gasteiger partial charge in [-0.25, -0.2) is 9.97 Å². The first-order valence-corrected chi connectivity index (χ1v) is 7.15. The third-order valence-corrected chi connectivity index (χ3v) is 3.50. The zero-order chi connectivity index (χ0) is 13.9. The van der Waals surface area contributed by atoms with Crippen LogP contribution in [0.15, 0.2) is 30.3 Å². The smallest absolute Gasteiger partial charge is 0.135 e. The molecule has 0 aliphatic heterocycles. The molecule has 1 saturated carbocycles. The monoisotopic (exact) mass is 289 g/mol. The lowest BCUT2D eigenvalue weighted by atomic mass is 10.1. The molecule has 20 heavy (non-hydrogen) atoms. The van der Waals surface area contributed by atoms with E-state index < -0.39 is 0 Å². The van der Waals surface area contributed by atoms with Crippen LogP contribution >= 0.6 is 11.6 Å². The standard InChI is InChI=1S/C15H16ClN3O/c16-13-9-14(19-15(18-13)11-3-4-11)17-8-7-10-1-5-12(20)6-2-10/h1-2,5-6,9,11,20H,3-4,7-8H2,(H,17,18,19). The Bertz CT molecular complexity index is 597. The van der Waals surface area contributed by atoms with E-state index in [0.29, 0.717) is 16.8 Å². The Morgan fingerprint density at radius 1 is 1.20 bits per heavy atom. The van der Waals surface area contributed by atoms with Crippen molar-refractivity contribution < 1.29 is 5.11 Å². The van der Waals surface area contributed by atoms with E-state index in [4.69, 9.17) is 11.6 Å². The Labute approximate surface area is 122 Å². The van der Waals surface area contributed by atoms with Gasteiger partial charge in [-0.2, -0.15) is 0 Å². The number of hydrogen-bond acceptors (Lipinski definition) is 4. The van der Waals surface area contributed by atoms with Crippen LogP contribution in [0, 0.1) is 0 Å². The van der Waals surface area contributed by atoms with Crippen LogP contribution in [-0.2, 0) is 6.42 Å². The summed E-state index contributed by atoms with van der Waals surface area (Å²) in [5.41, 5.74) is 1.16. The first-order chi connectivity index (χ1) is 9.70. The van der Waals surface area contributed by atoms with Crippen molar-refractivity contribution >= 4 is 17.4 Å².